The van der Waals surface area contributed by atoms with E-state index in [0.717, 1.165) is 30.0 Å². The number of aliphatic hydroxyl groups is 1. The standard InChI is InChI=1S/C11H10Cl2F2N4O/c1-10(20,6-3-7(12)17-8(13)4-6)11(14,15)9-18-16-5-19(9)2/h3-5,20H,1-2H3. The van der Waals surface area contributed by atoms with E-state index in [1.165, 1.54) is 7.05 Å². The van der Waals surface area contributed by atoms with Gasteiger partial charge in [0, 0.05) is 7.05 Å². The number of alkyl halides is 2. The summed E-state index contributed by atoms with van der Waals surface area (Å²) in [6.07, 6.45) is 1.12. The van der Waals surface area contributed by atoms with Crippen LogP contribution in [-0.4, -0.2) is 24.9 Å². The molecule has 20 heavy (non-hydrogen) atoms. The van der Waals surface area contributed by atoms with Gasteiger partial charge >= 0.3 is 5.92 Å². The molecule has 1 N–H and O–H groups in total. The lowest BCUT2D eigenvalue weighted by Gasteiger charge is -2.32. The highest BCUT2D eigenvalue weighted by molar-refractivity contribution is 6.32. The molecule has 2 heterocycles. The number of hydrogen-bond donors (Lipinski definition) is 1. The van der Waals surface area contributed by atoms with Crippen LogP contribution in [0.1, 0.15) is 18.3 Å². The van der Waals surface area contributed by atoms with Gasteiger partial charge < -0.3 is 9.67 Å². The van der Waals surface area contributed by atoms with Crippen molar-refractivity contribution in [1.82, 2.24) is 19.7 Å². The van der Waals surface area contributed by atoms with Crippen molar-refractivity contribution in [1.29, 1.82) is 0 Å². The Labute approximate surface area is 123 Å². The molecule has 0 radical (unpaired) electrons. The Balaban J connectivity index is 2.56. The minimum Gasteiger partial charge on any atom is -0.379 e. The largest absolute Gasteiger partial charge is 0.379 e. The highest BCUT2D eigenvalue weighted by Crippen LogP contribution is 2.44. The normalized spacial score (nSPS) is 15.2. The first-order valence-corrected chi connectivity index (χ1v) is 6.20. The third kappa shape index (κ3) is 2.36. The van der Waals surface area contributed by atoms with Crippen molar-refractivity contribution in [2.75, 3.05) is 0 Å². The van der Waals surface area contributed by atoms with Gasteiger partial charge in [0.05, 0.1) is 0 Å². The molecule has 0 saturated carbocycles. The first-order valence-electron chi connectivity index (χ1n) is 5.44. The van der Waals surface area contributed by atoms with Crippen molar-refractivity contribution < 1.29 is 13.9 Å². The molecule has 0 aliphatic rings. The Morgan fingerprint density at radius 1 is 1.25 bits per heavy atom. The van der Waals surface area contributed by atoms with Gasteiger partial charge in [-0.2, -0.15) is 8.78 Å². The maximum absolute atomic E-state index is 14.5. The Kier molecular flexibility index (Phi) is 3.70. The van der Waals surface area contributed by atoms with Gasteiger partial charge in [0.1, 0.15) is 16.6 Å². The lowest BCUT2D eigenvalue weighted by atomic mass is 9.89. The SMILES string of the molecule is Cn1cnnc1C(F)(F)C(C)(O)c1cc(Cl)nc(Cl)c1. The molecule has 2 aromatic rings. The van der Waals surface area contributed by atoms with Crippen molar-refractivity contribution in [3.05, 3.63) is 40.2 Å². The zero-order valence-electron chi connectivity index (χ0n) is 10.5. The average molecular weight is 323 g/mol. The summed E-state index contributed by atoms with van der Waals surface area (Å²) in [6.45, 7) is 0.948. The van der Waals surface area contributed by atoms with E-state index < -0.39 is 17.3 Å². The lowest BCUT2D eigenvalue weighted by molar-refractivity contribution is -0.191. The van der Waals surface area contributed by atoms with Crippen LogP contribution in [0, 0.1) is 0 Å². The zero-order chi connectivity index (χ0) is 15.1. The average Bonchev–Trinajstić information content (AvgIpc) is 2.74. The maximum Gasteiger partial charge on any atom is 0.338 e. The summed E-state index contributed by atoms with van der Waals surface area (Å²) in [7, 11) is 1.35. The summed E-state index contributed by atoms with van der Waals surface area (Å²) >= 11 is 11.4. The van der Waals surface area contributed by atoms with Crippen LogP contribution in [0.2, 0.25) is 10.3 Å². The van der Waals surface area contributed by atoms with Gasteiger partial charge in [-0.3, -0.25) is 0 Å². The molecular formula is C11H10Cl2F2N4O. The Hall–Kier alpha value is -1.31. The molecule has 0 bridgehead atoms. The molecule has 0 aromatic carbocycles. The van der Waals surface area contributed by atoms with Crippen molar-refractivity contribution in [3.63, 3.8) is 0 Å². The van der Waals surface area contributed by atoms with Gasteiger partial charge in [-0.05, 0) is 24.6 Å². The summed E-state index contributed by atoms with van der Waals surface area (Å²) in [5.74, 6) is -4.38. The zero-order valence-corrected chi connectivity index (χ0v) is 12.0. The van der Waals surface area contributed by atoms with Crippen LogP contribution in [0.15, 0.2) is 18.5 Å². The minimum absolute atomic E-state index is 0.0958. The van der Waals surface area contributed by atoms with Crippen LogP contribution < -0.4 is 0 Å². The number of nitrogens with zero attached hydrogens (tertiary/aromatic N) is 4. The van der Waals surface area contributed by atoms with E-state index in [4.69, 9.17) is 23.2 Å². The van der Waals surface area contributed by atoms with Crippen molar-refractivity contribution in [3.8, 4) is 0 Å². The molecule has 2 aromatic heterocycles. The Bertz CT molecular complexity index is 625. The van der Waals surface area contributed by atoms with E-state index in [1.807, 2.05) is 0 Å². The highest BCUT2D eigenvalue weighted by atomic mass is 35.5. The predicted molar refractivity (Wildman–Crippen MR) is 68.7 cm³/mol. The third-order valence-corrected chi connectivity index (χ3v) is 3.32. The molecule has 1 unspecified atom stereocenters. The summed E-state index contributed by atoms with van der Waals surface area (Å²) in [5, 5.41) is 16.8. The molecule has 0 fully saturated rings. The number of rotatable bonds is 3. The molecule has 5 nitrogen and oxygen atoms in total. The van der Waals surface area contributed by atoms with Crippen LogP contribution >= 0.6 is 23.2 Å². The summed E-state index contributed by atoms with van der Waals surface area (Å²) in [6, 6.07) is 2.25. The van der Waals surface area contributed by atoms with E-state index in [9.17, 15) is 13.9 Å². The van der Waals surface area contributed by atoms with Crippen LogP contribution in [-0.2, 0) is 18.6 Å². The molecule has 0 amide bonds. The van der Waals surface area contributed by atoms with Gasteiger partial charge in [-0.15, -0.1) is 10.2 Å². The second-order valence-corrected chi connectivity index (χ2v) is 5.19. The van der Waals surface area contributed by atoms with Gasteiger partial charge in [0.15, 0.2) is 5.60 Å². The number of aromatic nitrogens is 4. The number of halogens is 4. The van der Waals surface area contributed by atoms with Gasteiger partial charge in [0.2, 0.25) is 5.82 Å². The first-order chi connectivity index (χ1) is 9.16. The summed E-state index contributed by atoms with van der Waals surface area (Å²) in [5.41, 5.74) is -2.75. The van der Waals surface area contributed by atoms with E-state index >= 15 is 0 Å². The minimum atomic E-state index is -3.70. The second-order valence-electron chi connectivity index (χ2n) is 4.41. The third-order valence-electron chi connectivity index (χ3n) is 2.93. The van der Waals surface area contributed by atoms with Crippen molar-refractivity contribution >= 4 is 23.2 Å². The quantitative estimate of drug-likeness (QED) is 0.882. The van der Waals surface area contributed by atoms with Crippen LogP contribution in [0.5, 0.6) is 0 Å². The predicted octanol–water partition coefficient (Wildman–Crippen LogP) is 2.52. The fraction of sp³-hybridized carbons (Fsp3) is 0.364. The topological polar surface area (TPSA) is 63.8 Å². The van der Waals surface area contributed by atoms with E-state index in [0.29, 0.717) is 0 Å². The molecule has 9 heteroatoms. The molecule has 0 saturated heterocycles. The van der Waals surface area contributed by atoms with E-state index in [2.05, 4.69) is 15.2 Å². The maximum atomic E-state index is 14.5. The van der Waals surface area contributed by atoms with Crippen LogP contribution in [0.4, 0.5) is 8.78 Å². The smallest absolute Gasteiger partial charge is 0.338 e. The molecular weight excluding hydrogens is 313 g/mol. The molecule has 108 valence electrons. The molecule has 0 spiro atoms. The van der Waals surface area contributed by atoms with E-state index in [1.54, 1.807) is 0 Å². The summed E-state index contributed by atoms with van der Waals surface area (Å²) in [4.78, 5) is 3.65. The second kappa shape index (κ2) is 4.91. The van der Waals surface area contributed by atoms with Gasteiger partial charge in [-0.1, -0.05) is 23.2 Å². The fourth-order valence-corrected chi connectivity index (χ4v) is 2.17. The summed E-state index contributed by atoms with van der Waals surface area (Å²) < 4.78 is 30.0. The fourth-order valence-electron chi connectivity index (χ4n) is 1.71. The Morgan fingerprint density at radius 2 is 1.80 bits per heavy atom. The number of aryl methyl sites for hydroxylation is 1. The lowest BCUT2D eigenvalue weighted by Crippen LogP contribution is -2.42. The number of hydrogen-bond acceptors (Lipinski definition) is 4. The van der Waals surface area contributed by atoms with Crippen LogP contribution in [0.25, 0.3) is 0 Å². The molecule has 2 rings (SSSR count). The van der Waals surface area contributed by atoms with Crippen LogP contribution in [0.3, 0.4) is 0 Å². The number of pyridine rings is 1. The van der Waals surface area contributed by atoms with E-state index in [-0.39, 0.29) is 15.9 Å². The highest BCUT2D eigenvalue weighted by Gasteiger charge is 2.55. The first kappa shape index (κ1) is 15.1. The monoisotopic (exact) mass is 322 g/mol. The Morgan fingerprint density at radius 3 is 2.25 bits per heavy atom. The van der Waals surface area contributed by atoms with Crippen molar-refractivity contribution in [2.24, 2.45) is 7.05 Å². The van der Waals surface area contributed by atoms with Gasteiger partial charge in [-0.25, -0.2) is 4.98 Å². The van der Waals surface area contributed by atoms with Crippen molar-refractivity contribution in [2.45, 2.75) is 18.4 Å². The molecule has 0 aliphatic heterocycles. The molecule has 0 aliphatic carbocycles. The van der Waals surface area contributed by atoms with Gasteiger partial charge in [0.25, 0.3) is 0 Å². The molecule has 1 atom stereocenters.